The van der Waals surface area contributed by atoms with E-state index < -0.39 is 24.0 Å². The van der Waals surface area contributed by atoms with Gasteiger partial charge in [0, 0.05) is 6.54 Å². The van der Waals surface area contributed by atoms with Gasteiger partial charge in [0.2, 0.25) is 0 Å². The Morgan fingerprint density at radius 3 is 2.42 bits per heavy atom. The van der Waals surface area contributed by atoms with Gasteiger partial charge in [0.15, 0.2) is 0 Å². The minimum absolute atomic E-state index is 0.236. The molecule has 6 heteroatoms. The highest BCUT2D eigenvalue weighted by molar-refractivity contribution is 5.83. The fourth-order valence-electron chi connectivity index (χ4n) is 2.40. The lowest BCUT2D eigenvalue weighted by Gasteiger charge is -2.38. The number of carbonyl (C=O) groups is 2. The minimum Gasteiger partial charge on any atom is -0.327 e. The molecule has 0 bridgehead atoms. The van der Waals surface area contributed by atoms with Crippen LogP contribution in [-0.4, -0.2) is 29.8 Å². The van der Waals surface area contributed by atoms with Crippen molar-refractivity contribution in [2.45, 2.75) is 25.1 Å². The molecular weight excluding hydrogens is 259 g/mol. The van der Waals surface area contributed by atoms with E-state index in [4.69, 9.17) is 0 Å². The maximum absolute atomic E-state index is 12.5. The number of fused-ring (bicyclic) bond motifs is 1. The quantitative estimate of drug-likeness (QED) is 0.736. The van der Waals surface area contributed by atoms with E-state index in [0.717, 1.165) is 0 Å². The van der Waals surface area contributed by atoms with Gasteiger partial charge in [0.25, 0.3) is 0 Å². The first kappa shape index (κ1) is 13.6. The molecule has 1 aliphatic heterocycles. The summed E-state index contributed by atoms with van der Waals surface area (Å²) in [6.07, 6.45) is -4.34. The third-order valence-electron chi connectivity index (χ3n) is 3.37. The van der Waals surface area contributed by atoms with Crippen molar-refractivity contribution in [1.29, 1.82) is 0 Å². The molecule has 0 aromatic heterocycles. The molecule has 1 amide bonds. The lowest BCUT2D eigenvalue weighted by Crippen LogP contribution is -2.47. The van der Waals surface area contributed by atoms with Crippen LogP contribution in [0.4, 0.5) is 13.2 Å². The van der Waals surface area contributed by atoms with Crippen molar-refractivity contribution in [2.24, 2.45) is 0 Å². The number of halogens is 3. The van der Waals surface area contributed by atoms with Gasteiger partial charge in [0.05, 0.1) is 12.0 Å². The summed E-state index contributed by atoms with van der Waals surface area (Å²) in [7, 11) is 0. The summed E-state index contributed by atoms with van der Waals surface area (Å²) in [5, 5.41) is 0. The molecular formula is C13H12F3NO2. The normalized spacial score (nSPS) is 22.8. The van der Waals surface area contributed by atoms with E-state index in [9.17, 15) is 22.8 Å². The summed E-state index contributed by atoms with van der Waals surface area (Å²) < 4.78 is 37.6. The van der Waals surface area contributed by atoms with Gasteiger partial charge in [-0.05, 0) is 18.1 Å². The smallest absolute Gasteiger partial charge is 0.327 e. The van der Waals surface area contributed by atoms with E-state index >= 15 is 0 Å². The molecule has 19 heavy (non-hydrogen) atoms. The average Bonchev–Trinajstić information content (AvgIpc) is 2.38. The Balaban J connectivity index is 2.42. The number of benzene rings is 1. The zero-order valence-corrected chi connectivity index (χ0v) is 10.1. The van der Waals surface area contributed by atoms with E-state index in [1.165, 1.54) is 6.92 Å². The molecule has 1 heterocycles. The second-order valence-electron chi connectivity index (χ2n) is 4.50. The maximum atomic E-state index is 12.5. The van der Waals surface area contributed by atoms with E-state index in [1.807, 2.05) is 0 Å². The number of nitrogens with zero attached hydrogens (tertiary/aromatic N) is 1. The molecule has 1 aliphatic rings. The van der Waals surface area contributed by atoms with Gasteiger partial charge in [-0.1, -0.05) is 24.3 Å². The van der Waals surface area contributed by atoms with Crippen molar-refractivity contribution in [2.75, 3.05) is 6.54 Å². The topological polar surface area (TPSA) is 37.4 Å². The molecule has 0 aliphatic carbocycles. The molecule has 102 valence electrons. The molecule has 0 radical (unpaired) electrons. The lowest BCUT2D eigenvalue weighted by atomic mass is 9.86. The molecule has 0 saturated heterocycles. The van der Waals surface area contributed by atoms with Crippen molar-refractivity contribution in [3.8, 4) is 0 Å². The highest BCUT2D eigenvalue weighted by Crippen LogP contribution is 2.36. The lowest BCUT2D eigenvalue weighted by molar-refractivity contribution is -0.188. The Kier molecular flexibility index (Phi) is 3.34. The second-order valence-corrected chi connectivity index (χ2v) is 4.50. The third-order valence-corrected chi connectivity index (χ3v) is 3.37. The Morgan fingerprint density at radius 1 is 1.32 bits per heavy atom. The highest BCUT2D eigenvalue weighted by Gasteiger charge is 2.46. The van der Waals surface area contributed by atoms with Crippen LogP contribution in [0.2, 0.25) is 0 Å². The summed E-state index contributed by atoms with van der Waals surface area (Å²) in [5.41, 5.74) is 1.28. The van der Waals surface area contributed by atoms with Crippen molar-refractivity contribution < 1.29 is 22.8 Å². The molecule has 0 fully saturated rings. The largest absolute Gasteiger partial charge is 0.471 e. The first-order valence-corrected chi connectivity index (χ1v) is 5.78. The number of amides is 1. The van der Waals surface area contributed by atoms with Crippen LogP contribution in [-0.2, 0) is 9.59 Å². The van der Waals surface area contributed by atoms with Crippen LogP contribution < -0.4 is 0 Å². The van der Waals surface area contributed by atoms with Crippen LogP contribution >= 0.6 is 0 Å². The van der Waals surface area contributed by atoms with Gasteiger partial charge in [0.1, 0.15) is 6.29 Å². The van der Waals surface area contributed by atoms with Gasteiger partial charge >= 0.3 is 12.1 Å². The monoisotopic (exact) mass is 271 g/mol. The van der Waals surface area contributed by atoms with Crippen molar-refractivity contribution in [1.82, 2.24) is 4.90 Å². The maximum Gasteiger partial charge on any atom is 0.471 e. The van der Waals surface area contributed by atoms with Gasteiger partial charge in [-0.3, -0.25) is 4.79 Å². The zero-order valence-electron chi connectivity index (χ0n) is 10.1. The molecule has 0 N–H and O–H groups in total. The van der Waals surface area contributed by atoms with E-state index in [0.29, 0.717) is 22.3 Å². The predicted octanol–water partition coefficient (Wildman–Crippen LogP) is 2.43. The summed E-state index contributed by atoms with van der Waals surface area (Å²) in [6, 6.07) is 6.07. The Bertz CT molecular complexity index is 513. The second kappa shape index (κ2) is 4.68. The van der Waals surface area contributed by atoms with Crippen molar-refractivity contribution >= 4 is 12.2 Å². The zero-order chi connectivity index (χ0) is 14.2. The molecule has 3 nitrogen and oxygen atoms in total. The third kappa shape index (κ3) is 2.34. The Labute approximate surface area is 108 Å². The van der Waals surface area contributed by atoms with Gasteiger partial charge in [-0.25, -0.2) is 0 Å². The van der Waals surface area contributed by atoms with Crippen LogP contribution in [0.15, 0.2) is 24.3 Å². The van der Waals surface area contributed by atoms with Crippen LogP contribution in [0, 0.1) is 0 Å². The number of alkyl halides is 3. The average molecular weight is 271 g/mol. The number of rotatable bonds is 1. The molecule has 2 atom stereocenters. The van der Waals surface area contributed by atoms with Gasteiger partial charge in [-0.2, -0.15) is 13.2 Å². The Morgan fingerprint density at radius 2 is 1.89 bits per heavy atom. The van der Waals surface area contributed by atoms with Crippen molar-refractivity contribution in [3.05, 3.63) is 35.4 Å². The molecule has 2 rings (SSSR count). The van der Waals surface area contributed by atoms with E-state index in [1.54, 1.807) is 24.3 Å². The van der Waals surface area contributed by atoms with Crippen LogP contribution in [0.1, 0.15) is 30.0 Å². The van der Waals surface area contributed by atoms with E-state index in [2.05, 4.69) is 0 Å². The molecule has 1 aromatic rings. The van der Waals surface area contributed by atoms with Gasteiger partial charge in [-0.15, -0.1) is 0 Å². The number of hydrogen-bond acceptors (Lipinski definition) is 2. The fraction of sp³-hybridized carbons (Fsp3) is 0.385. The predicted molar refractivity (Wildman–Crippen MR) is 61.4 cm³/mol. The molecule has 1 unspecified atom stereocenters. The number of carbonyl (C=O) groups excluding carboxylic acids is 2. The van der Waals surface area contributed by atoms with Crippen LogP contribution in [0.25, 0.3) is 0 Å². The van der Waals surface area contributed by atoms with Crippen molar-refractivity contribution in [3.63, 3.8) is 0 Å². The number of aldehydes is 1. The van der Waals surface area contributed by atoms with Crippen LogP contribution in [0.3, 0.4) is 0 Å². The van der Waals surface area contributed by atoms with E-state index in [-0.39, 0.29) is 6.54 Å². The first-order valence-electron chi connectivity index (χ1n) is 5.78. The SMILES string of the molecule is C[C@@H]1c2ccccc2C(C=O)CN1C(=O)C(F)(F)F. The summed E-state index contributed by atoms with van der Waals surface area (Å²) in [4.78, 5) is 23.1. The molecule has 0 saturated carbocycles. The minimum atomic E-state index is -4.92. The number of hydrogen-bond donors (Lipinski definition) is 0. The molecule has 1 aromatic carbocycles. The van der Waals surface area contributed by atoms with Gasteiger partial charge < -0.3 is 9.69 Å². The molecule has 0 spiro atoms. The first-order chi connectivity index (χ1) is 8.86. The highest BCUT2D eigenvalue weighted by atomic mass is 19.4. The summed E-state index contributed by atoms with van der Waals surface area (Å²) in [6.45, 7) is 1.30. The fourth-order valence-corrected chi connectivity index (χ4v) is 2.40. The summed E-state index contributed by atoms with van der Waals surface area (Å²) >= 11 is 0. The summed E-state index contributed by atoms with van der Waals surface area (Å²) in [5.74, 6) is -2.61. The Hall–Kier alpha value is -1.85. The van der Waals surface area contributed by atoms with Crippen LogP contribution in [0.5, 0.6) is 0 Å². The standard InChI is InChI=1S/C13H12F3NO2/c1-8-10-4-2-3-5-11(10)9(7-18)6-17(8)12(19)13(14,15)16/h2-5,7-9H,6H2,1H3/t8-,9?/m1/s1.